The number of rotatable bonds is 1. The highest BCUT2D eigenvalue weighted by Crippen LogP contribution is 2.21. The summed E-state index contributed by atoms with van der Waals surface area (Å²) in [6, 6.07) is 11.3. The molecule has 12 heavy (non-hydrogen) atoms. The molecule has 1 unspecified atom stereocenters. The highest BCUT2D eigenvalue weighted by Gasteiger charge is 2.13. The molecule has 1 heteroatoms. The first kappa shape index (κ1) is 7.81. The molecule has 1 aliphatic rings. The van der Waals surface area contributed by atoms with Crippen LogP contribution in [0.5, 0.6) is 0 Å². The van der Waals surface area contributed by atoms with Crippen LogP contribution in [0.15, 0.2) is 30.3 Å². The zero-order valence-electron chi connectivity index (χ0n) is 7.29. The van der Waals surface area contributed by atoms with E-state index in [1.807, 2.05) is 0 Å². The molecule has 1 N–H and O–H groups in total. The Labute approximate surface area is 75.3 Å². The topological polar surface area (TPSA) is 12.0 Å². The summed E-state index contributed by atoms with van der Waals surface area (Å²) in [5.74, 6) is 0. The summed E-state index contributed by atoms with van der Waals surface area (Å²) in [6.07, 6.45) is 4.00. The third kappa shape index (κ3) is 1.67. The molecule has 2 rings (SSSR count). The normalized spacial score (nSPS) is 23.8. The van der Waals surface area contributed by atoms with Gasteiger partial charge in [0.05, 0.1) is 0 Å². The highest BCUT2D eigenvalue weighted by atomic mass is 14.9. The van der Waals surface area contributed by atoms with Gasteiger partial charge < -0.3 is 5.32 Å². The summed E-state index contributed by atoms with van der Waals surface area (Å²) in [5.41, 5.74) is 1.44. The molecule has 1 aromatic carbocycles. The Morgan fingerprint density at radius 1 is 1.17 bits per heavy atom. The van der Waals surface area contributed by atoms with Gasteiger partial charge in [-0.1, -0.05) is 36.8 Å². The lowest BCUT2D eigenvalue weighted by Gasteiger charge is -2.23. The average Bonchev–Trinajstić information content (AvgIpc) is 2.21. The van der Waals surface area contributed by atoms with Crippen LogP contribution in [0.3, 0.4) is 0 Å². The molecule has 1 aromatic rings. The van der Waals surface area contributed by atoms with Crippen molar-refractivity contribution < 1.29 is 1.43 Å². The third-order valence-electron chi connectivity index (χ3n) is 2.51. The minimum atomic E-state index is 0. The van der Waals surface area contributed by atoms with Crippen LogP contribution in [0, 0.1) is 0 Å². The average molecular weight is 163 g/mol. The molecule has 1 heterocycles. The van der Waals surface area contributed by atoms with Crippen LogP contribution in [0.1, 0.15) is 32.3 Å². The Morgan fingerprint density at radius 3 is 2.67 bits per heavy atom. The Hall–Kier alpha value is -0.820. The standard InChI is InChI=1S/C11H15N.H2/c1-2-6-10(7-3-1)11-8-4-5-9-12-11;/h1-3,6-7,11-12H,4-5,8-9H2;1H. The van der Waals surface area contributed by atoms with E-state index in [0.717, 1.165) is 0 Å². The molecule has 1 atom stereocenters. The van der Waals surface area contributed by atoms with Crippen LogP contribution in [-0.4, -0.2) is 6.54 Å². The SMILES string of the molecule is [HH].c1ccc(C2CCCCN2)cc1. The molecule has 0 aromatic heterocycles. The van der Waals surface area contributed by atoms with E-state index in [0.29, 0.717) is 6.04 Å². The van der Waals surface area contributed by atoms with Crippen molar-refractivity contribution in [1.29, 1.82) is 0 Å². The fourth-order valence-corrected chi connectivity index (χ4v) is 1.82. The summed E-state index contributed by atoms with van der Waals surface area (Å²) >= 11 is 0. The lowest BCUT2D eigenvalue weighted by molar-refractivity contribution is 0.412. The lowest BCUT2D eigenvalue weighted by atomic mass is 9.98. The second-order valence-corrected chi connectivity index (χ2v) is 3.41. The van der Waals surface area contributed by atoms with Crippen LogP contribution >= 0.6 is 0 Å². The number of benzene rings is 1. The Morgan fingerprint density at radius 2 is 2.00 bits per heavy atom. The summed E-state index contributed by atoms with van der Waals surface area (Å²) in [4.78, 5) is 0. The molecule has 0 saturated carbocycles. The van der Waals surface area contributed by atoms with Gasteiger partial charge >= 0.3 is 0 Å². The summed E-state index contributed by atoms with van der Waals surface area (Å²) in [7, 11) is 0. The Balaban J connectivity index is 0.000000845. The van der Waals surface area contributed by atoms with Gasteiger partial charge in [-0.15, -0.1) is 0 Å². The van der Waals surface area contributed by atoms with Crippen molar-refractivity contribution in [3.8, 4) is 0 Å². The smallest absolute Gasteiger partial charge is 0.0320 e. The highest BCUT2D eigenvalue weighted by molar-refractivity contribution is 5.19. The van der Waals surface area contributed by atoms with Gasteiger partial charge in [0.2, 0.25) is 0 Å². The Bertz CT molecular complexity index is 229. The minimum Gasteiger partial charge on any atom is -0.310 e. The molecular formula is C11H17N. The van der Waals surface area contributed by atoms with Gasteiger partial charge in [-0.05, 0) is 24.9 Å². The van der Waals surface area contributed by atoms with Crippen LogP contribution in [-0.2, 0) is 0 Å². The number of piperidine rings is 1. The van der Waals surface area contributed by atoms with Gasteiger partial charge in [0.25, 0.3) is 0 Å². The predicted molar refractivity (Wildman–Crippen MR) is 53.2 cm³/mol. The molecule has 66 valence electrons. The fraction of sp³-hybridized carbons (Fsp3) is 0.455. The van der Waals surface area contributed by atoms with E-state index in [1.165, 1.54) is 31.4 Å². The predicted octanol–water partition coefficient (Wildman–Crippen LogP) is 2.75. The van der Waals surface area contributed by atoms with Crippen LogP contribution in [0.2, 0.25) is 0 Å². The van der Waals surface area contributed by atoms with Gasteiger partial charge in [-0.3, -0.25) is 0 Å². The van der Waals surface area contributed by atoms with Gasteiger partial charge in [0.15, 0.2) is 0 Å². The zero-order chi connectivity index (χ0) is 8.23. The first-order chi connectivity index (χ1) is 5.97. The maximum absolute atomic E-state index is 3.54. The summed E-state index contributed by atoms with van der Waals surface area (Å²) < 4.78 is 0. The van der Waals surface area contributed by atoms with Crippen molar-refractivity contribution in [1.82, 2.24) is 5.32 Å². The van der Waals surface area contributed by atoms with Crippen molar-refractivity contribution in [2.45, 2.75) is 25.3 Å². The van der Waals surface area contributed by atoms with Crippen molar-refractivity contribution in [3.63, 3.8) is 0 Å². The van der Waals surface area contributed by atoms with Crippen LogP contribution in [0.4, 0.5) is 0 Å². The maximum Gasteiger partial charge on any atom is 0.0320 e. The maximum atomic E-state index is 3.54. The molecule has 1 fully saturated rings. The van der Waals surface area contributed by atoms with E-state index < -0.39 is 0 Å². The fourth-order valence-electron chi connectivity index (χ4n) is 1.82. The summed E-state index contributed by atoms with van der Waals surface area (Å²) in [5, 5.41) is 3.54. The van der Waals surface area contributed by atoms with Gasteiger partial charge in [0.1, 0.15) is 0 Å². The number of hydrogen-bond acceptors (Lipinski definition) is 1. The van der Waals surface area contributed by atoms with E-state index in [9.17, 15) is 0 Å². The van der Waals surface area contributed by atoms with E-state index in [4.69, 9.17) is 0 Å². The quantitative estimate of drug-likeness (QED) is 0.671. The van der Waals surface area contributed by atoms with Gasteiger partial charge in [-0.2, -0.15) is 0 Å². The minimum absolute atomic E-state index is 0. The molecule has 1 aliphatic heterocycles. The Kier molecular flexibility index (Phi) is 2.42. The van der Waals surface area contributed by atoms with Crippen molar-refractivity contribution >= 4 is 0 Å². The second-order valence-electron chi connectivity index (χ2n) is 3.41. The molecule has 0 spiro atoms. The van der Waals surface area contributed by atoms with E-state index in [-0.39, 0.29) is 1.43 Å². The van der Waals surface area contributed by atoms with Crippen molar-refractivity contribution in [3.05, 3.63) is 35.9 Å². The molecule has 0 aliphatic carbocycles. The molecule has 1 nitrogen and oxygen atoms in total. The molecule has 0 radical (unpaired) electrons. The van der Waals surface area contributed by atoms with Gasteiger partial charge in [0, 0.05) is 7.47 Å². The first-order valence-electron chi connectivity index (χ1n) is 4.75. The number of hydrogen-bond donors (Lipinski definition) is 1. The van der Waals surface area contributed by atoms with E-state index in [1.54, 1.807) is 0 Å². The molecule has 0 amide bonds. The zero-order valence-corrected chi connectivity index (χ0v) is 7.29. The lowest BCUT2D eigenvalue weighted by Crippen LogP contribution is -2.26. The first-order valence-corrected chi connectivity index (χ1v) is 4.75. The summed E-state index contributed by atoms with van der Waals surface area (Å²) in [6.45, 7) is 1.18. The van der Waals surface area contributed by atoms with Crippen LogP contribution < -0.4 is 5.32 Å². The van der Waals surface area contributed by atoms with Gasteiger partial charge in [-0.25, -0.2) is 0 Å². The molecule has 0 bridgehead atoms. The van der Waals surface area contributed by atoms with E-state index in [2.05, 4.69) is 35.6 Å². The molecular weight excluding hydrogens is 146 g/mol. The van der Waals surface area contributed by atoms with Crippen molar-refractivity contribution in [2.24, 2.45) is 0 Å². The largest absolute Gasteiger partial charge is 0.310 e. The second kappa shape index (κ2) is 3.72. The molecule has 1 saturated heterocycles. The van der Waals surface area contributed by atoms with E-state index >= 15 is 0 Å². The van der Waals surface area contributed by atoms with Crippen molar-refractivity contribution in [2.75, 3.05) is 6.54 Å². The monoisotopic (exact) mass is 163 g/mol. The van der Waals surface area contributed by atoms with Crippen LogP contribution in [0.25, 0.3) is 0 Å². The number of nitrogens with one attached hydrogen (secondary N) is 1. The third-order valence-corrected chi connectivity index (χ3v) is 2.51.